The molecule has 2 nitrogen and oxygen atoms in total. The van der Waals surface area contributed by atoms with Gasteiger partial charge in [0.25, 0.3) is 0 Å². The van der Waals surface area contributed by atoms with Gasteiger partial charge in [0.1, 0.15) is 5.82 Å². The molecule has 1 heterocycles. The Hall–Kier alpha value is -0.640. The van der Waals surface area contributed by atoms with Crippen LogP contribution in [0.25, 0.3) is 0 Å². The predicted octanol–water partition coefficient (Wildman–Crippen LogP) is 2.52. The van der Waals surface area contributed by atoms with Crippen molar-refractivity contribution in [2.24, 2.45) is 0 Å². The highest BCUT2D eigenvalue weighted by Gasteiger charge is 2.19. The van der Waals surface area contributed by atoms with E-state index in [4.69, 9.17) is 0 Å². The first kappa shape index (κ1) is 14.4. The highest BCUT2D eigenvalue weighted by atomic mass is 35.5. The molecule has 0 unspecified atom stereocenters. The van der Waals surface area contributed by atoms with Crippen LogP contribution in [0.15, 0.2) is 18.2 Å². The lowest BCUT2D eigenvalue weighted by atomic mass is 10.0. The summed E-state index contributed by atoms with van der Waals surface area (Å²) in [6.07, 6.45) is 0. The van der Waals surface area contributed by atoms with Crippen LogP contribution in [0.1, 0.15) is 24.1 Å². The molecule has 17 heavy (non-hydrogen) atoms. The van der Waals surface area contributed by atoms with Gasteiger partial charge in [-0.25, -0.2) is 4.39 Å². The standard InChI is InChI=1S/C13H19FN2.ClH/c1-10-9-12(14)3-4-13(10)11(2)16-7-5-15-6-8-16;/h3-4,9,11,15H,5-8H2,1-2H3;1H/t11-;/m0./s1. The SMILES string of the molecule is Cc1cc(F)ccc1[C@H](C)N1CCNCC1.Cl. The minimum absolute atomic E-state index is 0. The van der Waals surface area contributed by atoms with Gasteiger partial charge in [-0.05, 0) is 37.1 Å². The van der Waals surface area contributed by atoms with Crippen molar-refractivity contribution in [3.63, 3.8) is 0 Å². The molecule has 4 heteroatoms. The maximum Gasteiger partial charge on any atom is 0.123 e. The quantitative estimate of drug-likeness (QED) is 0.877. The number of benzene rings is 1. The first-order chi connectivity index (χ1) is 7.68. The molecule has 1 aliphatic rings. The van der Waals surface area contributed by atoms with E-state index in [9.17, 15) is 4.39 Å². The van der Waals surface area contributed by atoms with Crippen LogP contribution in [0.5, 0.6) is 0 Å². The van der Waals surface area contributed by atoms with Crippen molar-refractivity contribution in [1.29, 1.82) is 0 Å². The van der Waals surface area contributed by atoms with Crippen LogP contribution >= 0.6 is 12.4 Å². The molecule has 0 aliphatic carbocycles. The van der Waals surface area contributed by atoms with Gasteiger partial charge < -0.3 is 5.32 Å². The Morgan fingerprint density at radius 3 is 2.53 bits per heavy atom. The van der Waals surface area contributed by atoms with Crippen molar-refractivity contribution in [2.75, 3.05) is 26.2 Å². The molecule has 0 saturated carbocycles. The number of aryl methyl sites for hydroxylation is 1. The maximum absolute atomic E-state index is 13.0. The molecule has 1 aromatic carbocycles. The van der Waals surface area contributed by atoms with E-state index in [0.29, 0.717) is 6.04 Å². The number of rotatable bonds is 2. The first-order valence-electron chi connectivity index (χ1n) is 5.89. The molecule has 2 rings (SSSR count). The monoisotopic (exact) mass is 258 g/mol. The van der Waals surface area contributed by atoms with Crippen LogP contribution in [-0.2, 0) is 0 Å². The number of hydrogen-bond donors (Lipinski definition) is 1. The fourth-order valence-electron chi connectivity index (χ4n) is 2.37. The predicted molar refractivity (Wildman–Crippen MR) is 71.2 cm³/mol. The number of hydrogen-bond acceptors (Lipinski definition) is 2. The molecule has 0 aromatic heterocycles. The fourth-order valence-corrected chi connectivity index (χ4v) is 2.37. The van der Waals surface area contributed by atoms with Crippen LogP contribution in [0.2, 0.25) is 0 Å². The summed E-state index contributed by atoms with van der Waals surface area (Å²) in [7, 11) is 0. The van der Waals surface area contributed by atoms with E-state index in [0.717, 1.165) is 31.7 Å². The zero-order valence-corrected chi connectivity index (χ0v) is 11.2. The lowest BCUT2D eigenvalue weighted by Gasteiger charge is -2.33. The Balaban J connectivity index is 0.00000144. The van der Waals surface area contributed by atoms with Gasteiger partial charge in [0.15, 0.2) is 0 Å². The molecule has 1 atom stereocenters. The van der Waals surface area contributed by atoms with E-state index in [1.165, 1.54) is 5.56 Å². The van der Waals surface area contributed by atoms with Gasteiger partial charge in [-0.2, -0.15) is 0 Å². The summed E-state index contributed by atoms with van der Waals surface area (Å²) in [5.41, 5.74) is 2.29. The molecule has 0 amide bonds. The smallest absolute Gasteiger partial charge is 0.123 e. The van der Waals surface area contributed by atoms with Gasteiger partial charge in [-0.15, -0.1) is 12.4 Å². The summed E-state index contributed by atoms with van der Waals surface area (Å²) in [6, 6.07) is 5.47. The number of piperazine rings is 1. The van der Waals surface area contributed by atoms with E-state index >= 15 is 0 Å². The third-order valence-corrected chi connectivity index (χ3v) is 3.38. The Morgan fingerprint density at radius 2 is 1.94 bits per heavy atom. The van der Waals surface area contributed by atoms with Crippen molar-refractivity contribution in [3.8, 4) is 0 Å². The van der Waals surface area contributed by atoms with Crippen molar-refractivity contribution in [2.45, 2.75) is 19.9 Å². The van der Waals surface area contributed by atoms with Gasteiger partial charge in [-0.1, -0.05) is 6.07 Å². The van der Waals surface area contributed by atoms with Crippen molar-refractivity contribution >= 4 is 12.4 Å². The molecule has 1 N–H and O–H groups in total. The molecule has 96 valence electrons. The minimum Gasteiger partial charge on any atom is -0.314 e. The van der Waals surface area contributed by atoms with E-state index in [1.807, 2.05) is 13.0 Å². The third-order valence-electron chi connectivity index (χ3n) is 3.38. The van der Waals surface area contributed by atoms with Crippen LogP contribution in [0, 0.1) is 12.7 Å². The Morgan fingerprint density at radius 1 is 1.29 bits per heavy atom. The van der Waals surface area contributed by atoms with Crippen molar-refractivity contribution in [1.82, 2.24) is 10.2 Å². The summed E-state index contributed by atoms with van der Waals surface area (Å²) in [4.78, 5) is 2.44. The van der Waals surface area contributed by atoms with Gasteiger partial charge in [0.05, 0.1) is 0 Å². The molecule has 0 spiro atoms. The lowest BCUT2D eigenvalue weighted by molar-refractivity contribution is 0.185. The molecule has 1 aromatic rings. The van der Waals surface area contributed by atoms with E-state index in [1.54, 1.807) is 12.1 Å². The minimum atomic E-state index is -0.145. The number of halogens is 2. The van der Waals surface area contributed by atoms with Crippen molar-refractivity contribution < 1.29 is 4.39 Å². The van der Waals surface area contributed by atoms with Gasteiger partial charge >= 0.3 is 0 Å². The summed E-state index contributed by atoms with van der Waals surface area (Å²) in [6.45, 7) is 8.41. The van der Waals surface area contributed by atoms with Gasteiger partial charge in [0.2, 0.25) is 0 Å². The molecule has 1 fully saturated rings. The van der Waals surface area contributed by atoms with Crippen molar-refractivity contribution in [3.05, 3.63) is 35.1 Å². The molecular weight excluding hydrogens is 239 g/mol. The topological polar surface area (TPSA) is 15.3 Å². The normalized spacial score (nSPS) is 18.5. The largest absolute Gasteiger partial charge is 0.314 e. The Labute approximate surface area is 109 Å². The number of nitrogens with zero attached hydrogens (tertiary/aromatic N) is 1. The van der Waals surface area contributed by atoms with E-state index < -0.39 is 0 Å². The summed E-state index contributed by atoms with van der Waals surface area (Å²) in [5, 5.41) is 3.34. The molecular formula is C13H20ClFN2. The summed E-state index contributed by atoms with van der Waals surface area (Å²) in [5.74, 6) is -0.145. The second-order valence-electron chi connectivity index (χ2n) is 4.46. The second-order valence-corrected chi connectivity index (χ2v) is 4.46. The second kappa shape index (κ2) is 6.34. The van der Waals surface area contributed by atoms with E-state index in [-0.39, 0.29) is 18.2 Å². The van der Waals surface area contributed by atoms with Gasteiger partial charge in [-0.3, -0.25) is 4.90 Å². The third kappa shape index (κ3) is 3.41. The van der Waals surface area contributed by atoms with Crippen LogP contribution in [0.4, 0.5) is 4.39 Å². The Kier molecular flexibility index (Phi) is 5.37. The molecule has 0 bridgehead atoms. The first-order valence-corrected chi connectivity index (χ1v) is 5.89. The average Bonchev–Trinajstić information content (AvgIpc) is 2.29. The molecule has 1 aliphatic heterocycles. The highest BCUT2D eigenvalue weighted by Crippen LogP contribution is 2.24. The van der Waals surface area contributed by atoms with Crippen LogP contribution < -0.4 is 5.32 Å². The maximum atomic E-state index is 13.0. The lowest BCUT2D eigenvalue weighted by Crippen LogP contribution is -2.44. The van der Waals surface area contributed by atoms with E-state index in [2.05, 4.69) is 17.1 Å². The number of nitrogens with one attached hydrogen (secondary N) is 1. The zero-order valence-electron chi connectivity index (χ0n) is 10.4. The fraction of sp³-hybridized carbons (Fsp3) is 0.538. The molecule has 1 saturated heterocycles. The Bertz CT molecular complexity index is 364. The molecule has 0 radical (unpaired) electrons. The van der Waals surface area contributed by atoms with Gasteiger partial charge in [0, 0.05) is 32.2 Å². The summed E-state index contributed by atoms with van der Waals surface area (Å²) < 4.78 is 13.0. The highest BCUT2D eigenvalue weighted by molar-refractivity contribution is 5.85. The summed E-state index contributed by atoms with van der Waals surface area (Å²) >= 11 is 0. The average molecular weight is 259 g/mol. The van der Waals surface area contributed by atoms with Crippen LogP contribution in [-0.4, -0.2) is 31.1 Å². The van der Waals surface area contributed by atoms with Crippen LogP contribution in [0.3, 0.4) is 0 Å². The zero-order chi connectivity index (χ0) is 11.5.